The third kappa shape index (κ3) is 6.36. The summed E-state index contributed by atoms with van der Waals surface area (Å²) < 4.78 is 6.20. The quantitative estimate of drug-likeness (QED) is 0.166. The van der Waals surface area contributed by atoms with E-state index in [4.69, 9.17) is 14.4 Å². The minimum absolute atomic E-state index is 0.672. The molecule has 4 heteroatoms. The van der Waals surface area contributed by atoms with E-state index in [0.717, 1.165) is 83.4 Å². The Labute approximate surface area is 319 Å². The number of para-hydroxylation sites is 1. The number of fused-ring (bicyclic) bond motifs is 3. The van der Waals surface area contributed by atoms with Crippen LogP contribution >= 0.6 is 0 Å². The van der Waals surface area contributed by atoms with E-state index in [1.165, 1.54) is 11.1 Å². The number of nitrogens with zero attached hydrogens (tertiary/aromatic N) is 3. The topological polar surface area (TPSA) is 51.8 Å². The molecule has 10 aromatic rings. The SMILES string of the molecule is c1ccc(-c2ccc(-c3cc(-c4ccc5oc6ccccc6c5c4)cc(-c4cc(-c5cccc(-c6cccnc6)c5)nc(-c5ccccc5)n4)c3)cc2)cc1. The zero-order valence-electron chi connectivity index (χ0n) is 29.8. The van der Waals surface area contributed by atoms with Crippen molar-refractivity contribution in [3.05, 3.63) is 200 Å². The number of furan rings is 1. The summed E-state index contributed by atoms with van der Waals surface area (Å²) in [4.78, 5) is 14.8. The number of aromatic nitrogens is 3. The van der Waals surface area contributed by atoms with Crippen molar-refractivity contribution in [1.82, 2.24) is 15.0 Å². The molecule has 0 saturated carbocycles. The average molecular weight is 704 g/mol. The van der Waals surface area contributed by atoms with Gasteiger partial charge in [-0.1, -0.05) is 133 Å². The summed E-state index contributed by atoms with van der Waals surface area (Å²) >= 11 is 0. The molecule has 0 amide bonds. The van der Waals surface area contributed by atoms with E-state index in [1.54, 1.807) is 6.20 Å². The van der Waals surface area contributed by atoms with Crippen LogP contribution < -0.4 is 0 Å². The highest BCUT2D eigenvalue weighted by molar-refractivity contribution is 6.06. The maximum absolute atomic E-state index is 6.20. The third-order valence-corrected chi connectivity index (χ3v) is 10.2. The molecule has 0 aliphatic rings. The first-order valence-electron chi connectivity index (χ1n) is 18.4. The lowest BCUT2D eigenvalue weighted by Crippen LogP contribution is -1.97. The van der Waals surface area contributed by atoms with Crippen LogP contribution in [-0.4, -0.2) is 15.0 Å². The molecule has 3 heterocycles. The van der Waals surface area contributed by atoms with E-state index in [1.807, 2.05) is 48.7 Å². The summed E-state index contributed by atoms with van der Waals surface area (Å²) in [5.41, 5.74) is 15.3. The van der Waals surface area contributed by atoms with Gasteiger partial charge < -0.3 is 4.42 Å². The fraction of sp³-hybridized carbons (Fsp3) is 0. The highest BCUT2D eigenvalue weighted by Crippen LogP contribution is 2.38. The predicted molar refractivity (Wildman–Crippen MR) is 225 cm³/mol. The van der Waals surface area contributed by atoms with Crippen LogP contribution in [-0.2, 0) is 0 Å². The normalized spacial score (nSPS) is 11.3. The number of benzene rings is 7. The van der Waals surface area contributed by atoms with E-state index >= 15 is 0 Å². The molecule has 0 radical (unpaired) electrons. The van der Waals surface area contributed by atoms with E-state index < -0.39 is 0 Å². The van der Waals surface area contributed by atoms with Gasteiger partial charge in [0, 0.05) is 45.4 Å². The molecule has 0 bridgehead atoms. The summed E-state index contributed by atoms with van der Waals surface area (Å²) in [5, 5.41) is 2.20. The largest absolute Gasteiger partial charge is 0.456 e. The minimum Gasteiger partial charge on any atom is -0.456 e. The van der Waals surface area contributed by atoms with Gasteiger partial charge in [0.2, 0.25) is 0 Å². The number of hydrogen-bond acceptors (Lipinski definition) is 4. The van der Waals surface area contributed by atoms with Crippen LogP contribution in [0, 0.1) is 0 Å². The molecular formula is C51H33N3O. The summed E-state index contributed by atoms with van der Waals surface area (Å²) in [7, 11) is 0. The van der Waals surface area contributed by atoms with Crippen LogP contribution in [0.4, 0.5) is 0 Å². The van der Waals surface area contributed by atoms with Crippen LogP contribution in [0.15, 0.2) is 205 Å². The van der Waals surface area contributed by atoms with Gasteiger partial charge in [0.25, 0.3) is 0 Å². The second-order valence-corrected chi connectivity index (χ2v) is 13.7. The number of hydrogen-bond donors (Lipinski definition) is 0. The number of rotatable bonds is 7. The molecule has 10 rings (SSSR count). The maximum Gasteiger partial charge on any atom is 0.160 e. The van der Waals surface area contributed by atoms with Crippen LogP contribution in [0.1, 0.15) is 0 Å². The lowest BCUT2D eigenvalue weighted by atomic mass is 9.93. The standard InChI is InChI=1S/C51H33N3O/c1-3-11-34(12-4-1)35-20-22-36(23-21-35)42-28-43(39-24-25-50-46(31-39)45-18-7-8-19-49(45)55-50)30-44(29-42)48-32-47(53-51(54-48)37-13-5-2-6-14-37)40-16-9-15-38(27-40)41-17-10-26-52-33-41/h1-33H. The average Bonchev–Trinajstić information content (AvgIpc) is 3.65. The first-order chi connectivity index (χ1) is 27.2. The number of pyridine rings is 1. The van der Waals surface area contributed by atoms with Gasteiger partial charge >= 0.3 is 0 Å². The highest BCUT2D eigenvalue weighted by Gasteiger charge is 2.16. The predicted octanol–water partition coefficient (Wildman–Crippen LogP) is 13.4. The molecule has 0 aliphatic carbocycles. The van der Waals surface area contributed by atoms with Crippen molar-refractivity contribution in [2.75, 3.05) is 0 Å². The summed E-state index contributed by atoms with van der Waals surface area (Å²) in [6.45, 7) is 0. The first kappa shape index (κ1) is 32.2. The van der Waals surface area contributed by atoms with Crippen LogP contribution in [0.5, 0.6) is 0 Å². The Balaban J connectivity index is 1.16. The fourth-order valence-electron chi connectivity index (χ4n) is 7.35. The van der Waals surface area contributed by atoms with Crippen molar-refractivity contribution in [2.24, 2.45) is 0 Å². The van der Waals surface area contributed by atoms with Gasteiger partial charge in [-0.15, -0.1) is 0 Å². The fourth-order valence-corrected chi connectivity index (χ4v) is 7.35. The second-order valence-electron chi connectivity index (χ2n) is 13.7. The van der Waals surface area contributed by atoms with Gasteiger partial charge in [-0.05, 0) is 93.5 Å². The zero-order valence-corrected chi connectivity index (χ0v) is 29.8. The molecule has 7 aromatic carbocycles. The molecule has 0 saturated heterocycles. The molecular weight excluding hydrogens is 671 g/mol. The van der Waals surface area contributed by atoms with E-state index in [-0.39, 0.29) is 0 Å². The Bertz CT molecular complexity index is 2950. The van der Waals surface area contributed by atoms with Crippen molar-refractivity contribution >= 4 is 21.9 Å². The van der Waals surface area contributed by atoms with Crippen molar-refractivity contribution in [3.63, 3.8) is 0 Å². The smallest absolute Gasteiger partial charge is 0.160 e. The monoisotopic (exact) mass is 703 g/mol. The lowest BCUT2D eigenvalue weighted by molar-refractivity contribution is 0.669. The highest BCUT2D eigenvalue weighted by atomic mass is 16.3. The molecule has 4 nitrogen and oxygen atoms in total. The molecule has 3 aromatic heterocycles. The van der Waals surface area contributed by atoms with Crippen LogP contribution in [0.25, 0.3) is 100 Å². The van der Waals surface area contributed by atoms with Gasteiger partial charge in [-0.25, -0.2) is 9.97 Å². The minimum atomic E-state index is 0.672. The van der Waals surface area contributed by atoms with Gasteiger partial charge in [-0.2, -0.15) is 0 Å². The molecule has 0 unspecified atom stereocenters. The van der Waals surface area contributed by atoms with Crippen LogP contribution in [0.2, 0.25) is 0 Å². The van der Waals surface area contributed by atoms with Gasteiger partial charge in [0.05, 0.1) is 11.4 Å². The molecule has 0 aliphatic heterocycles. The van der Waals surface area contributed by atoms with E-state index in [0.29, 0.717) is 5.82 Å². The van der Waals surface area contributed by atoms with E-state index in [2.05, 4.69) is 151 Å². The lowest BCUT2D eigenvalue weighted by Gasteiger charge is -2.14. The van der Waals surface area contributed by atoms with Crippen molar-refractivity contribution in [1.29, 1.82) is 0 Å². The Kier molecular flexibility index (Phi) is 8.12. The first-order valence-corrected chi connectivity index (χ1v) is 18.4. The van der Waals surface area contributed by atoms with Crippen molar-refractivity contribution in [2.45, 2.75) is 0 Å². The summed E-state index contributed by atoms with van der Waals surface area (Å²) in [5.74, 6) is 0.672. The zero-order chi connectivity index (χ0) is 36.6. The Morgan fingerprint density at radius 2 is 0.836 bits per heavy atom. The molecule has 55 heavy (non-hydrogen) atoms. The second kappa shape index (κ2) is 13.8. The van der Waals surface area contributed by atoms with Crippen molar-refractivity contribution in [3.8, 4) is 78.4 Å². The Morgan fingerprint density at radius 1 is 0.309 bits per heavy atom. The summed E-state index contributed by atoms with van der Waals surface area (Å²) in [6, 6.07) is 65.6. The molecule has 0 N–H and O–H groups in total. The third-order valence-electron chi connectivity index (χ3n) is 10.2. The van der Waals surface area contributed by atoms with Crippen LogP contribution in [0.3, 0.4) is 0 Å². The maximum atomic E-state index is 6.20. The van der Waals surface area contributed by atoms with Gasteiger partial charge in [0.1, 0.15) is 11.2 Å². The van der Waals surface area contributed by atoms with Gasteiger partial charge in [-0.3, -0.25) is 4.98 Å². The molecule has 0 atom stereocenters. The van der Waals surface area contributed by atoms with Crippen molar-refractivity contribution < 1.29 is 4.42 Å². The molecule has 0 spiro atoms. The Hall–Kier alpha value is -7.43. The Morgan fingerprint density at radius 3 is 1.60 bits per heavy atom. The molecule has 0 fully saturated rings. The van der Waals surface area contributed by atoms with E-state index in [9.17, 15) is 0 Å². The summed E-state index contributed by atoms with van der Waals surface area (Å²) in [6.07, 6.45) is 3.69. The molecule has 258 valence electrons. The van der Waals surface area contributed by atoms with Gasteiger partial charge in [0.15, 0.2) is 5.82 Å².